The van der Waals surface area contributed by atoms with Gasteiger partial charge >= 0.3 is 0 Å². The summed E-state index contributed by atoms with van der Waals surface area (Å²) < 4.78 is 12.8. The number of ether oxygens (including phenoxy) is 2. The van der Waals surface area contributed by atoms with Crippen LogP contribution in [0.3, 0.4) is 0 Å². The Balaban J connectivity index is 1.47. The third-order valence-electron chi connectivity index (χ3n) is 6.58. The molecule has 0 aromatic heterocycles. The first-order valence-corrected chi connectivity index (χ1v) is 12.5. The second-order valence-electron chi connectivity index (χ2n) is 8.58. The number of fused-ring (bicyclic) bond motifs is 3. The minimum Gasteiger partial charge on any atom is -0.493 e. The molecule has 1 aliphatic heterocycles. The second-order valence-corrected chi connectivity index (χ2v) is 10.3. The van der Waals surface area contributed by atoms with Crippen LogP contribution in [0.1, 0.15) is 40.6 Å². The first-order chi connectivity index (χ1) is 16.0. The zero-order valence-electron chi connectivity index (χ0n) is 18.4. The van der Waals surface area contributed by atoms with Crippen LogP contribution in [0.4, 0.5) is 5.69 Å². The van der Waals surface area contributed by atoms with Gasteiger partial charge in [-0.05, 0) is 82.2 Å². The van der Waals surface area contributed by atoms with E-state index in [0.717, 1.165) is 32.7 Å². The minimum absolute atomic E-state index is 0.130. The highest BCUT2D eigenvalue weighted by Gasteiger charge is 2.40. The van der Waals surface area contributed by atoms with E-state index in [0.29, 0.717) is 35.0 Å². The van der Waals surface area contributed by atoms with Gasteiger partial charge in [-0.3, -0.25) is 0 Å². The lowest BCUT2D eigenvalue weighted by atomic mass is 9.76. The van der Waals surface area contributed by atoms with Crippen molar-refractivity contribution in [2.75, 3.05) is 12.4 Å². The highest BCUT2D eigenvalue weighted by atomic mass is 79.9. The van der Waals surface area contributed by atoms with Gasteiger partial charge in [-0.25, -0.2) is 0 Å². The summed E-state index contributed by atoms with van der Waals surface area (Å²) in [7, 11) is 1.67. The van der Waals surface area contributed by atoms with Crippen LogP contribution in [0.5, 0.6) is 11.5 Å². The van der Waals surface area contributed by atoms with Crippen molar-refractivity contribution in [2.45, 2.75) is 31.9 Å². The molecule has 6 heteroatoms. The second kappa shape index (κ2) is 9.25. The van der Waals surface area contributed by atoms with Crippen LogP contribution in [0.2, 0.25) is 10.0 Å². The van der Waals surface area contributed by atoms with Crippen LogP contribution in [0, 0.1) is 12.8 Å². The maximum absolute atomic E-state index is 6.64. The topological polar surface area (TPSA) is 30.5 Å². The predicted molar refractivity (Wildman–Crippen MR) is 139 cm³/mol. The maximum atomic E-state index is 6.64. The lowest BCUT2D eigenvalue weighted by Crippen LogP contribution is -2.30. The van der Waals surface area contributed by atoms with Gasteiger partial charge in [-0.2, -0.15) is 0 Å². The van der Waals surface area contributed by atoms with Gasteiger partial charge in [0.2, 0.25) is 0 Å². The van der Waals surface area contributed by atoms with Crippen molar-refractivity contribution < 1.29 is 9.47 Å². The van der Waals surface area contributed by atoms with Crippen molar-refractivity contribution in [2.24, 2.45) is 5.92 Å². The van der Waals surface area contributed by atoms with Crippen molar-refractivity contribution in [1.82, 2.24) is 0 Å². The molecule has 1 aliphatic carbocycles. The Bertz CT molecular complexity index is 1230. The van der Waals surface area contributed by atoms with Gasteiger partial charge in [-0.1, -0.05) is 53.6 Å². The lowest BCUT2D eigenvalue weighted by molar-refractivity contribution is 0.282. The molecular weight excluding hydrogens is 521 g/mol. The Hall–Kier alpha value is -2.14. The quantitative estimate of drug-likeness (QED) is 0.327. The van der Waals surface area contributed by atoms with Gasteiger partial charge in [0.15, 0.2) is 11.5 Å². The molecule has 3 nitrogen and oxygen atoms in total. The molecule has 3 aromatic rings. The van der Waals surface area contributed by atoms with Gasteiger partial charge in [0.1, 0.15) is 6.61 Å². The van der Waals surface area contributed by atoms with Crippen molar-refractivity contribution in [3.8, 4) is 11.5 Å². The molecule has 3 aromatic carbocycles. The van der Waals surface area contributed by atoms with E-state index < -0.39 is 0 Å². The van der Waals surface area contributed by atoms with Crippen molar-refractivity contribution >= 4 is 44.8 Å². The van der Waals surface area contributed by atoms with E-state index in [1.807, 2.05) is 30.3 Å². The van der Waals surface area contributed by atoms with Gasteiger partial charge in [0, 0.05) is 27.2 Å². The Morgan fingerprint density at radius 1 is 1.09 bits per heavy atom. The van der Waals surface area contributed by atoms with Gasteiger partial charge in [0.25, 0.3) is 0 Å². The molecule has 0 unspecified atom stereocenters. The minimum atomic E-state index is 0.130. The molecule has 0 spiro atoms. The monoisotopic (exact) mass is 543 g/mol. The third-order valence-corrected chi connectivity index (χ3v) is 7.75. The summed E-state index contributed by atoms with van der Waals surface area (Å²) >= 11 is 16.4. The van der Waals surface area contributed by atoms with E-state index in [9.17, 15) is 0 Å². The van der Waals surface area contributed by atoms with E-state index >= 15 is 0 Å². The largest absolute Gasteiger partial charge is 0.493 e. The van der Waals surface area contributed by atoms with Crippen LogP contribution in [-0.4, -0.2) is 7.11 Å². The number of aryl methyl sites for hydroxylation is 1. The van der Waals surface area contributed by atoms with Gasteiger partial charge in [0.05, 0.1) is 17.6 Å². The average Bonchev–Trinajstić information content (AvgIpc) is 3.30. The van der Waals surface area contributed by atoms with Gasteiger partial charge in [-0.15, -0.1) is 0 Å². The molecule has 1 N–H and O–H groups in total. The summed E-state index contributed by atoms with van der Waals surface area (Å²) in [6.07, 6.45) is 5.58. The lowest BCUT2D eigenvalue weighted by Gasteiger charge is -2.39. The predicted octanol–water partition coefficient (Wildman–Crippen LogP) is 8.48. The van der Waals surface area contributed by atoms with E-state index in [1.165, 1.54) is 11.1 Å². The number of methoxy groups -OCH3 is 1. The summed E-state index contributed by atoms with van der Waals surface area (Å²) in [4.78, 5) is 0. The number of rotatable bonds is 5. The molecule has 0 fully saturated rings. The number of anilines is 1. The van der Waals surface area contributed by atoms with Crippen molar-refractivity contribution in [1.29, 1.82) is 0 Å². The van der Waals surface area contributed by atoms with Crippen LogP contribution in [-0.2, 0) is 6.61 Å². The molecule has 1 heterocycles. The fourth-order valence-electron chi connectivity index (χ4n) is 4.93. The summed E-state index contributed by atoms with van der Waals surface area (Å²) in [6, 6.07) is 16.1. The highest BCUT2D eigenvalue weighted by Crippen LogP contribution is 2.53. The van der Waals surface area contributed by atoms with Crippen LogP contribution >= 0.6 is 39.1 Å². The Labute approximate surface area is 212 Å². The first-order valence-electron chi connectivity index (χ1n) is 10.9. The normalized spacial score (nSPS) is 20.7. The zero-order chi connectivity index (χ0) is 23.1. The Morgan fingerprint density at radius 2 is 1.88 bits per heavy atom. The fraction of sp³-hybridized carbons (Fsp3) is 0.259. The number of hydrogen-bond acceptors (Lipinski definition) is 3. The third kappa shape index (κ3) is 4.25. The SMILES string of the molecule is COc1cc([C@@H]2Nc3c(C)ccc(Cl)c3[C@@H]3C=CC[C@@H]32)cc(Br)c1OCc1ccc(Cl)cc1. The molecule has 3 atom stereocenters. The molecule has 2 aliphatic rings. The molecule has 5 rings (SSSR count). The smallest absolute Gasteiger partial charge is 0.175 e. The van der Waals surface area contributed by atoms with E-state index in [1.54, 1.807) is 7.11 Å². The molecule has 170 valence electrons. The average molecular weight is 545 g/mol. The first kappa shape index (κ1) is 22.6. The highest BCUT2D eigenvalue weighted by molar-refractivity contribution is 9.10. The zero-order valence-corrected chi connectivity index (χ0v) is 21.5. The maximum Gasteiger partial charge on any atom is 0.175 e. The van der Waals surface area contributed by atoms with Crippen LogP contribution in [0.25, 0.3) is 0 Å². The summed E-state index contributed by atoms with van der Waals surface area (Å²) in [6.45, 7) is 2.55. The Kier molecular flexibility index (Phi) is 6.34. The number of benzene rings is 3. The molecular formula is C27H24BrCl2NO2. The molecule has 0 saturated heterocycles. The standard InChI is InChI=1S/C27H24BrCl2NO2/c1-15-6-11-22(30)24-19-4-3-5-20(19)26(31-25(15)24)17-12-21(28)27(23(13-17)32-2)33-14-16-7-9-18(29)10-8-16/h3-4,6-13,19-20,26,31H,5,14H2,1-2H3/t19-,20+,26+/m1/s1. The van der Waals surface area contributed by atoms with Crippen molar-refractivity contribution in [3.05, 3.63) is 97.5 Å². The van der Waals surface area contributed by atoms with Crippen LogP contribution < -0.4 is 14.8 Å². The summed E-state index contributed by atoms with van der Waals surface area (Å²) in [5.41, 5.74) is 5.74. The van der Waals surface area contributed by atoms with Gasteiger partial charge < -0.3 is 14.8 Å². The van der Waals surface area contributed by atoms with Crippen molar-refractivity contribution in [3.63, 3.8) is 0 Å². The molecule has 33 heavy (non-hydrogen) atoms. The van der Waals surface area contributed by atoms with E-state index in [4.69, 9.17) is 32.7 Å². The van der Waals surface area contributed by atoms with Crippen LogP contribution in [0.15, 0.2) is 65.2 Å². The number of halogens is 3. The molecule has 0 saturated carbocycles. The molecule has 0 bridgehead atoms. The number of hydrogen-bond donors (Lipinski definition) is 1. The summed E-state index contributed by atoms with van der Waals surface area (Å²) in [5, 5.41) is 5.34. The fourth-order valence-corrected chi connectivity index (χ4v) is 5.92. The molecule has 0 radical (unpaired) electrons. The molecule has 0 amide bonds. The number of nitrogens with one attached hydrogen (secondary N) is 1. The summed E-state index contributed by atoms with van der Waals surface area (Å²) in [5.74, 6) is 2.07. The number of allylic oxidation sites excluding steroid dienone is 2. The van der Waals surface area contributed by atoms with E-state index in [-0.39, 0.29) is 6.04 Å². The van der Waals surface area contributed by atoms with E-state index in [2.05, 4.69) is 58.5 Å². The Morgan fingerprint density at radius 3 is 2.64 bits per heavy atom.